The number of hydrogen-bond donors (Lipinski definition) is 1. The number of imidazole rings is 1. The third-order valence-electron chi connectivity index (χ3n) is 3.73. The molecule has 2 rings (SSSR count). The van der Waals surface area contributed by atoms with Gasteiger partial charge in [0, 0.05) is 19.5 Å². The lowest BCUT2D eigenvalue weighted by Gasteiger charge is -2.19. The Morgan fingerprint density at radius 1 is 1.30 bits per heavy atom. The molecule has 0 aliphatic carbocycles. The molecule has 1 aromatic heterocycles. The van der Waals surface area contributed by atoms with Crippen molar-refractivity contribution in [1.29, 1.82) is 0 Å². The maximum absolute atomic E-state index is 4.77. The van der Waals surface area contributed by atoms with Crippen LogP contribution in [0.2, 0.25) is 0 Å². The number of rotatable bonds is 7. The maximum Gasteiger partial charge on any atom is 0.111 e. The predicted molar refractivity (Wildman–Crippen MR) is 85.1 cm³/mol. The maximum atomic E-state index is 4.77. The van der Waals surface area contributed by atoms with Gasteiger partial charge < -0.3 is 14.8 Å². The van der Waals surface area contributed by atoms with Crippen LogP contribution in [-0.2, 0) is 13.5 Å². The third-order valence-corrected chi connectivity index (χ3v) is 3.73. The molecule has 1 N–H and O–H groups in total. The first-order chi connectivity index (χ1) is 9.61. The number of benzene rings is 1. The molecule has 2 aromatic rings. The molecule has 1 heterocycles. The number of nitrogens with one attached hydrogen (secondary N) is 1. The Bertz CT molecular complexity index is 544. The zero-order valence-corrected chi connectivity index (χ0v) is 13.1. The van der Waals surface area contributed by atoms with Crippen LogP contribution in [0, 0.1) is 0 Å². The van der Waals surface area contributed by atoms with Crippen molar-refractivity contribution in [1.82, 2.24) is 19.8 Å². The van der Waals surface area contributed by atoms with Crippen molar-refractivity contribution in [2.45, 2.75) is 25.8 Å². The van der Waals surface area contributed by atoms with Crippen LogP contribution < -0.4 is 5.32 Å². The van der Waals surface area contributed by atoms with E-state index in [1.165, 1.54) is 5.52 Å². The van der Waals surface area contributed by atoms with Gasteiger partial charge >= 0.3 is 0 Å². The summed E-state index contributed by atoms with van der Waals surface area (Å²) >= 11 is 0. The number of aryl methyl sites for hydroxylation is 1. The summed E-state index contributed by atoms with van der Waals surface area (Å²) in [5.74, 6) is 1.16. The normalized spacial score (nSPS) is 13.2. The quantitative estimate of drug-likeness (QED) is 0.839. The van der Waals surface area contributed by atoms with Crippen molar-refractivity contribution in [3.8, 4) is 0 Å². The lowest BCUT2D eigenvalue weighted by molar-refractivity contribution is 0.356. The average Bonchev–Trinajstić information content (AvgIpc) is 2.74. The van der Waals surface area contributed by atoms with E-state index in [2.05, 4.69) is 61.0 Å². The number of fused-ring (bicyclic) bond motifs is 1. The minimum Gasteiger partial charge on any atom is -0.331 e. The fourth-order valence-electron chi connectivity index (χ4n) is 2.58. The van der Waals surface area contributed by atoms with Gasteiger partial charge in [0.15, 0.2) is 0 Å². The molecule has 0 amide bonds. The molecule has 1 unspecified atom stereocenters. The van der Waals surface area contributed by atoms with Gasteiger partial charge in [-0.3, -0.25) is 0 Å². The van der Waals surface area contributed by atoms with Crippen LogP contribution in [0.1, 0.15) is 19.2 Å². The van der Waals surface area contributed by atoms with Crippen molar-refractivity contribution < 1.29 is 0 Å². The van der Waals surface area contributed by atoms with Gasteiger partial charge in [-0.15, -0.1) is 0 Å². The van der Waals surface area contributed by atoms with Gasteiger partial charge in [-0.2, -0.15) is 0 Å². The van der Waals surface area contributed by atoms with Crippen LogP contribution in [0.4, 0.5) is 0 Å². The van der Waals surface area contributed by atoms with Crippen LogP contribution in [0.3, 0.4) is 0 Å². The van der Waals surface area contributed by atoms with Crippen molar-refractivity contribution in [2.75, 3.05) is 27.2 Å². The van der Waals surface area contributed by atoms with E-state index in [-0.39, 0.29) is 0 Å². The molecule has 0 spiro atoms. The number of likely N-dealkylation sites (N-methyl/N-ethyl adjacent to an activating group) is 1. The minimum absolute atomic E-state index is 0.484. The largest absolute Gasteiger partial charge is 0.331 e. The zero-order chi connectivity index (χ0) is 14.5. The van der Waals surface area contributed by atoms with E-state index in [0.717, 1.165) is 37.3 Å². The van der Waals surface area contributed by atoms with Crippen LogP contribution in [0.15, 0.2) is 24.3 Å². The Balaban J connectivity index is 2.13. The second-order valence-electron chi connectivity index (χ2n) is 5.63. The smallest absolute Gasteiger partial charge is 0.111 e. The highest BCUT2D eigenvalue weighted by molar-refractivity contribution is 5.75. The van der Waals surface area contributed by atoms with E-state index < -0.39 is 0 Å². The molecule has 0 bridgehead atoms. The average molecular weight is 274 g/mol. The van der Waals surface area contributed by atoms with Crippen LogP contribution in [0.25, 0.3) is 11.0 Å². The Labute approximate surface area is 121 Å². The summed E-state index contributed by atoms with van der Waals surface area (Å²) in [5.41, 5.74) is 2.30. The highest BCUT2D eigenvalue weighted by atomic mass is 15.1. The summed E-state index contributed by atoms with van der Waals surface area (Å²) in [7, 11) is 6.36. The molecular weight excluding hydrogens is 248 g/mol. The number of nitrogens with zero attached hydrogens (tertiary/aromatic N) is 3. The van der Waals surface area contributed by atoms with Crippen LogP contribution in [-0.4, -0.2) is 47.7 Å². The summed E-state index contributed by atoms with van der Waals surface area (Å²) in [4.78, 5) is 7.01. The van der Waals surface area contributed by atoms with Gasteiger partial charge in [0.1, 0.15) is 5.82 Å². The molecule has 1 aromatic carbocycles. The van der Waals surface area contributed by atoms with E-state index in [9.17, 15) is 0 Å². The minimum atomic E-state index is 0.484. The summed E-state index contributed by atoms with van der Waals surface area (Å²) in [6, 6.07) is 8.82. The molecule has 110 valence electrons. The Hall–Kier alpha value is -1.39. The number of hydrogen-bond acceptors (Lipinski definition) is 3. The lowest BCUT2D eigenvalue weighted by Crippen LogP contribution is -2.34. The summed E-state index contributed by atoms with van der Waals surface area (Å²) in [6.07, 6.45) is 2.12. The van der Waals surface area contributed by atoms with Crippen LogP contribution >= 0.6 is 0 Å². The molecule has 0 saturated heterocycles. The van der Waals surface area contributed by atoms with Crippen molar-refractivity contribution >= 4 is 11.0 Å². The Morgan fingerprint density at radius 2 is 2.05 bits per heavy atom. The molecule has 0 radical (unpaired) electrons. The van der Waals surface area contributed by atoms with E-state index in [4.69, 9.17) is 4.98 Å². The van der Waals surface area contributed by atoms with Gasteiger partial charge in [0.25, 0.3) is 0 Å². The number of para-hydroxylation sites is 2. The molecule has 4 nitrogen and oxygen atoms in total. The Kier molecular flexibility index (Phi) is 5.15. The Morgan fingerprint density at radius 3 is 2.70 bits per heavy atom. The molecule has 4 heteroatoms. The van der Waals surface area contributed by atoms with Crippen LogP contribution in [0.5, 0.6) is 0 Å². The summed E-state index contributed by atoms with van der Waals surface area (Å²) in [5, 5.41) is 3.58. The topological polar surface area (TPSA) is 33.1 Å². The lowest BCUT2D eigenvalue weighted by atomic mass is 10.1. The van der Waals surface area contributed by atoms with Gasteiger partial charge in [0.05, 0.1) is 11.0 Å². The van der Waals surface area contributed by atoms with E-state index in [1.54, 1.807) is 0 Å². The standard InChI is InChI=1S/C16H26N4/c1-5-17-13(10-11-19(2)3)12-16-18-14-8-6-7-9-15(14)20(16)4/h6-9,13,17H,5,10-12H2,1-4H3. The fraction of sp³-hybridized carbons (Fsp3) is 0.562. The van der Waals surface area contributed by atoms with E-state index in [1.807, 2.05) is 6.07 Å². The summed E-state index contributed by atoms with van der Waals surface area (Å²) in [6.45, 7) is 4.27. The van der Waals surface area contributed by atoms with E-state index >= 15 is 0 Å². The monoisotopic (exact) mass is 274 g/mol. The number of aromatic nitrogens is 2. The highest BCUT2D eigenvalue weighted by Crippen LogP contribution is 2.16. The van der Waals surface area contributed by atoms with E-state index in [0.29, 0.717) is 6.04 Å². The second-order valence-corrected chi connectivity index (χ2v) is 5.63. The first-order valence-electron chi connectivity index (χ1n) is 7.40. The van der Waals surface area contributed by atoms with Gasteiger partial charge in [-0.05, 0) is 45.7 Å². The van der Waals surface area contributed by atoms with Gasteiger partial charge in [-0.25, -0.2) is 4.98 Å². The SMILES string of the molecule is CCNC(CCN(C)C)Cc1nc2ccccc2n1C. The molecule has 0 fully saturated rings. The molecular formula is C16H26N4. The van der Waals surface area contributed by atoms with Crippen molar-refractivity contribution in [2.24, 2.45) is 7.05 Å². The van der Waals surface area contributed by atoms with Gasteiger partial charge in [-0.1, -0.05) is 19.1 Å². The summed E-state index contributed by atoms with van der Waals surface area (Å²) < 4.78 is 2.22. The predicted octanol–water partition coefficient (Wildman–Crippen LogP) is 2.05. The molecule has 20 heavy (non-hydrogen) atoms. The first kappa shape index (κ1) is 15.0. The third kappa shape index (κ3) is 3.58. The van der Waals surface area contributed by atoms with Gasteiger partial charge in [0.2, 0.25) is 0 Å². The molecule has 1 atom stereocenters. The zero-order valence-electron chi connectivity index (χ0n) is 13.1. The highest BCUT2D eigenvalue weighted by Gasteiger charge is 2.14. The molecule has 0 aliphatic heterocycles. The first-order valence-corrected chi connectivity index (χ1v) is 7.40. The fourth-order valence-corrected chi connectivity index (χ4v) is 2.58. The molecule has 0 saturated carbocycles. The molecule has 0 aliphatic rings. The second kappa shape index (κ2) is 6.86. The van der Waals surface area contributed by atoms with Crippen molar-refractivity contribution in [3.63, 3.8) is 0 Å². The van der Waals surface area contributed by atoms with Crippen molar-refractivity contribution in [3.05, 3.63) is 30.1 Å².